The van der Waals surface area contributed by atoms with Gasteiger partial charge in [-0.2, -0.15) is 33.7 Å². The molecule has 0 spiro atoms. The van der Waals surface area contributed by atoms with Crippen LogP contribution in [-0.2, 0) is 40.5 Å². The third kappa shape index (κ3) is 10.3. The van der Waals surface area contributed by atoms with Crippen LogP contribution in [0.25, 0.3) is 32.3 Å². The first-order valence-corrected chi connectivity index (χ1v) is 19.8. The largest absolute Gasteiger partial charge is 0.505 e. The molecule has 0 saturated carbocycles. The summed E-state index contributed by atoms with van der Waals surface area (Å²) in [5.74, 6) is -2.38. The fourth-order valence-electron chi connectivity index (χ4n) is 5.39. The van der Waals surface area contributed by atoms with Crippen molar-refractivity contribution in [2.75, 3.05) is 0 Å². The van der Waals surface area contributed by atoms with Gasteiger partial charge < -0.3 is 10.2 Å². The zero-order valence-electron chi connectivity index (χ0n) is 29.5. The van der Waals surface area contributed by atoms with E-state index in [1.54, 1.807) is 0 Å². The number of phenolic OH excluding ortho intramolecular Hbond substituents is 2. The van der Waals surface area contributed by atoms with Crippen LogP contribution >= 0.6 is 0 Å². The number of azo groups is 2. The SMILES string of the molecule is O=S(=O)(O)c1cc2cc(S(=O)(=O)O)c(N=Nc3ccc(S(=O)(=O)O)c4ccccc34)c(O)c2c(O)c1N=Nc1ccc(S(=O)(=O)O)c2ccccc12.[Na].[Na].[Na].[Na]. The minimum Gasteiger partial charge on any atom is -0.505 e. The minimum absolute atomic E-state index is 0. The Morgan fingerprint density at radius 3 is 1.00 bits per heavy atom. The molecule has 0 fully saturated rings. The Kier molecular flexibility index (Phi) is 17.1. The maximum Gasteiger partial charge on any atom is 0.296 e. The van der Waals surface area contributed by atoms with Gasteiger partial charge in [0.15, 0.2) is 11.5 Å². The Bertz CT molecular complexity index is 2860. The summed E-state index contributed by atoms with van der Waals surface area (Å²) in [4.78, 5) is -3.25. The number of aromatic hydroxyl groups is 2. The van der Waals surface area contributed by atoms with E-state index >= 15 is 0 Å². The number of phenols is 2. The van der Waals surface area contributed by atoms with E-state index in [1.807, 2.05) is 0 Å². The topological polar surface area (TPSA) is 307 Å². The van der Waals surface area contributed by atoms with Crippen LogP contribution in [0, 0.1) is 0 Å². The molecule has 18 nitrogen and oxygen atoms in total. The molecular formula is C30H20N4Na4O14S4. The third-order valence-electron chi connectivity index (χ3n) is 7.60. The van der Waals surface area contributed by atoms with Crippen LogP contribution in [0.2, 0.25) is 0 Å². The average molecular weight is 881 g/mol. The predicted octanol–water partition coefficient (Wildman–Crippen LogP) is 4.85. The van der Waals surface area contributed by atoms with Crippen LogP contribution in [0.5, 0.6) is 11.5 Å². The molecule has 6 aromatic rings. The number of nitrogens with zero attached hydrogens (tertiary/aromatic N) is 4. The maximum absolute atomic E-state index is 12.4. The van der Waals surface area contributed by atoms with Crippen LogP contribution < -0.4 is 0 Å². The van der Waals surface area contributed by atoms with E-state index in [0.29, 0.717) is 12.1 Å². The molecular weight excluding hydrogens is 861 g/mol. The minimum atomic E-state index is -5.30. The Labute approximate surface area is 406 Å². The van der Waals surface area contributed by atoms with Crippen LogP contribution in [0.4, 0.5) is 22.7 Å². The molecule has 272 valence electrons. The zero-order chi connectivity index (χ0) is 38.0. The number of rotatable bonds is 8. The van der Waals surface area contributed by atoms with E-state index in [-0.39, 0.29) is 151 Å². The van der Waals surface area contributed by atoms with E-state index in [9.17, 15) is 62.1 Å². The van der Waals surface area contributed by atoms with E-state index in [2.05, 4.69) is 20.5 Å². The second-order valence-corrected chi connectivity index (χ2v) is 16.4. The van der Waals surface area contributed by atoms with Crippen molar-refractivity contribution in [3.63, 3.8) is 0 Å². The molecule has 6 rings (SSSR count). The van der Waals surface area contributed by atoms with Gasteiger partial charge in [-0.3, -0.25) is 18.2 Å². The molecule has 0 atom stereocenters. The molecule has 0 heterocycles. The third-order valence-corrected chi connectivity index (χ3v) is 11.2. The molecule has 0 aromatic heterocycles. The summed E-state index contributed by atoms with van der Waals surface area (Å²) in [5, 5.41) is 36.8. The summed E-state index contributed by atoms with van der Waals surface area (Å²) in [5.41, 5.74) is -2.20. The number of hydrogen-bond donors (Lipinski definition) is 6. The van der Waals surface area contributed by atoms with Gasteiger partial charge in [-0.15, -0.1) is 20.5 Å². The van der Waals surface area contributed by atoms with E-state index in [4.69, 9.17) is 0 Å². The molecule has 0 aliphatic carbocycles. The van der Waals surface area contributed by atoms with Crippen molar-refractivity contribution >= 4 is 214 Å². The second-order valence-electron chi connectivity index (χ2n) is 10.8. The molecule has 0 bridgehead atoms. The molecule has 0 aliphatic heterocycles. The van der Waals surface area contributed by atoms with Crippen molar-refractivity contribution in [2.24, 2.45) is 20.5 Å². The van der Waals surface area contributed by atoms with E-state index in [1.165, 1.54) is 48.5 Å². The molecule has 6 N–H and O–H groups in total. The first-order valence-electron chi connectivity index (χ1n) is 14.0. The van der Waals surface area contributed by atoms with Crippen molar-refractivity contribution < 1.29 is 62.1 Å². The van der Waals surface area contributed by atoms with Crippen LogP contribution in [0.1, 0.15) is 0 Å². The predicted molar refractivity (Wildman–Crippen MR) is 206 cm³/mol. The summed E-state index contributed by atoms with van der Waals surface area (Å²) in [6, 6.07) is 16.7. The monoisotopic (exact) mass is 880 g/mol. The van der Waals surface area contributed by atoms with Gasteiger partial charge >= 0.3 is 0 Å². The van der Waals surface area contributed by atoms with Crippen molar-refractivity contribution in [2.45, 2.75) is 19.6 Å². The molecule has 0 saturated heterocycles. The van der Waals surface area contributed by atoms with Gasteiger partial charge in [0.25, 0.3) is 40.5 Å². The Balaban J connectivity index is 0.00000271. The molecule has 56 heavy (non-hydrogen) atoms. The summed E-state index contributed by atoms with van der Waals surface area (Å²) in [6.07, 6.45) is 0. The van der Waals surface area contributed by atoms with Gasteiger partial charge in [0.1, 0.15) is 31.0 Å². The smallest absolute Gasteiger partial charge is 0.296 e. The zero-order valence-corrected chi connectivity index (χ0v) is 40.7. The second kappa shape index (κ2) is 18.9. The van der Waals surface area contributed by atoms with Gasteiger partial charge in [0, 0.05) is 140 Å². The maximum atomic E-state index is 12.4. The van der Waals surface area contributed by atoms with Gasteiger partial charge in [-0.1, -0.05) is 48.5 Å². The molecule has 6 aromatic carbocycles. The number of hydrogen-bond acceptors (Lipinski definition) is 14. The molecule has 0 amide bonds. The van der Waals surface area contributed by atoms with Crippen molar-refractivity contribution in [3.05, 3.63) is 84.9 Å². The molecule has 0 aliphatic rings. The standard InChI is InChI=1S/C30H20N4O14S4.4Na/c35-29-26-15(13-24(51(43,44)45)27(29)33-31-20-9-11-22(49(37,38)39)18-7-3-1-5-16(18)20)14-25(52(46,47)48)28(30(26)36)34-32-21-10-12-23(50(40,41)42)19-8-4-2-6-17(19)21;;;;/h1-14,35-36H,(H,37,38,39)(H,40,41,42)(H,43,44,45)(H,46,47,48);;;;. The van der Waals surface area contributed by atoms with Crippen LogP contribution in [0.3, 0.4) is 0 Å². The fraction of sp³-hybridized carbons (Fsp3) is 0. The van der Waals surface area contributed by atoms with Crippen molar-refractivity contribution in [1.29, 1.82) is 0 Å². The van der Waals surface area contributed by atoms with Gasteiger partial charge in [0.2, 0.25) is 0 Å². The van der Waals surface area contributed by atoms with Crippen molar-refractivity contribution in [1.82, 2.24) is 0 Å². The Morgan fingerprint density at radius 1 is 0.393 bits per heavy atom. The van der Waals surface area contributed by atoms with Crippen LogP contribution in [0.15, 0.2) is 125 Å². The summed E-state index contributed by atoms with van der Waals surface area (Å²) < 4.78 is 137. The Morgan fingerprint density at radius 2 is 0.696 bits per heavy atom. The molecule has 0 unspecified atom stereocenters. The summed E-state index contributed by atoms with van der Waals surface area (Å²) in [7, 11) is -20.0. The number of benzene rings is 6. The van der Waals surface area contributed by atoms with Crippen LogP contribution in [-0.4, -0.2) is 180 Å². The van der Waals surface area contributed by atoms with Gasteiger partial charge in [-0.25, -0.2) is 0 Å². The first-order chi connectivity index (χ1) is 24.2. The summed E-state index contributed by atoms with van der Waals surface area (Å²) in [6.45, 7) is 0. The molecule has 26 heteroatoms. The number of fused-ring (bicyclic) bond motifs is 3. The van der Waals surface area contributed by atoms with Gasteiger partial charge in [-0.05, 0) is 41.8 Å². The average Bonchev–Trinajstić information content (AvgIpc) is 3.04. The fourth-order valence-corrected chi connectivity index (χ4v) is 8.10. The normalized spacial score (nSPS) is 12.3. The van der Waals surface area contributed by atoms with Gasteiger partial charge in [0.05, 0.1) is 16.8 Å². The first kappa shape index (κ1) is 50.7. The quantitative estimate of drug-likeness (QED) is 0.0677. The summed E-state index contributed by atoms with van der Waals surface area (Å²) >= 11 is 0. The van der Waals surface area contributed by atoms with E-state index < -0.39 is 93.7 Å². The Hall–Kier alpha value is -1.46. The molecule has 4 radical (unpaired) electrons. The van der Waals surface area contributed by atoms with E-state index in [0.717, 1.165) is 24.3 Å². The van der Waals surface area contributed by atoms with Crippen molar-refractivity contribution in [3.8, 4) is 11.5 Å².